The Labute approximate surface area is 116 Å². The highest BCUT2D eigenvalue weighted by Crippen LogP contribution is 2.72. The Balaban J connectivity index is 1.67. The Morgan fingerprint density at radius 1 is 1.05 bits per heavy atom. The second kappa shape index (κ2) is 4.23. The van der Waals surface area contributed by atoms with Crippen molar-refractivity contribution in [2.45, 2.75) is 25.3 Å². The van der Waals surface area contributed by atoms with Crippen LogP contribution in [0.15, 0.2) is 12.1 Å². The molecule has 1 N–H and O–H groups in total. The van der Waals surface area contributed by atoms with E-state index in [4.69, 9.17) is 0 Å². The highest BCUT2D eigenvalue weighted by Gasteiger charge is 2.67. The number of fused-ring (bicyclic) bond motifs is 5. The lowest BCUT2D eigenvalue weighted by Crippen LogP contribution is -2.24. The molecule has 5 unspecified atom stereocenters. The van der Waals surface area contributed by atoms with Gasteiger partial charge in [0.1, 0.15) is 17.5 Å². The number of hydrogen-bond acceptors (Lipinski definition) is 1. The molecule has 2 bridgehead atoms. The van der Waals surface area contributed by atoms with Gasteiger partial charge in [0, 0.05) is 23.7 Å². The fourth-order valence-corrected chi connectivity index (χ4v) is 5.22. The molecule has 1 aromatic carbocycles. The van der Waals surface area contributed by atoms with Gasteiger partial charge in [0.05, 0.1) is 0 Å². The molecule has 20 heavy (non-hydrogen) atoms. The van der Waals surface area contributed by atoms with E-state index in [1.807, 2.05) is 0 Å². The largest absolute Gasteiger partial charge is 0.313 e. The van der Waals surface area contributed by atoms with Gasteiger partial charge in [0.15, 0.2) is 0 Å². The molecule has 0 saturated heterocycles. The summed E-state index contributed by atoms with van der Waals surface area (Å²) in [5.41, 5.74) is 0.0210. The van der Waals surface area contributed by atoms with Crippen molar-refractivity contribution in [2.24, 2.45) is 29.6 Å². The summed E-state index contributed by atoms with van der Waals surface area (Å²) in [6.45, 7) is 0. The van der Waals surface area contributed by atoms with E-state index >= 15 is 0 Å². The SMILES string of the molecule is CNC(c1c(F)cc(F)cc1F)C1C2C3CCC(C3)C21. The van der Waals surface area contributed by atoms with Crippen LogP contribution in [0, 0.1) is 47.0 Å². The molecule has 0 aromatic heterocycles. The molecule has 1 nitrogen and oxygen atoms in total. The first-order valence-electron chi connectivity index (χ1n) is 7.43. The van der Waals surface area contributed by atoms with E-state index in [0.717, 1.165) is 24.0 Å². The van der Waals surface area contributed by atoms with Gasteiger partial charge in [0.2, 0.25) is 0 Å². The zero-order chi connectivity index (χ0) is 14.0. The zero-order valence-electron chi connectivity index (χ0n) is 11.4. The molecule has 3 fully saturated rings. The molecule has 4 rings (SSSR count). The highest BCUT2D eigenvalue weighted by atomic mass is 19.1. The Hall–Kier alpha value is -1.03. The summed E-state index contributed by atoms with van der Waals surface area (Å²) in [7, 11) is 1.74. The third kappa shape index (κ3) is 1.60. The quantitative estimate of drug-likeness (QED) is 0.891. The molecular weight excluding hydrogens is 263 g/mol. The van der Waals surface area contributed by atoms with E-state index in [2.05, 4.69) is 5.32 Å². The van der Waals surface area contributed by atoms with Crippen LogP contribution in [0.25, 0.3) is 0 Å². The predicted molar refractivity (Wildman–Crippen MR) is 69.4 cm³/mol. The second-order valence-electron chi connectivity index (χ2n) is 6.61. The van der Waals surface area contributed by atoms with E-state index in [9.17, 15) is 13.2 Å². The third-order valence-corrected chi connectivity index (χ3v) is 5.85. The van der Waals surface area contributed by atoms with Gasteiger partial charge < -0.3 is 5.32 Å². The minimum absolute atomic E-state index is 0.0210. The molecule has 0 radical (unpaired) electrons. The van der Waals surface area contributed by atoms with Crippen LogP contribution in [-0.4, -0.2) is 7.05 Å². The molecule has 1 aromatic rings. The maximum atomic E-state index is 14.0. The molecule has 4 heteroatoms. The van der Waals surface area contributed by atoms with Crippen molar-refractivity contribution in [3.05, 3.63) is 35.1 Å². The summed E-state index contributed by atoms with van der Waals surface area (Å²) >= 11 is 0. The first-order valence-corrected chi connectivity index (χ1v) is 7.43. The summed E-state index contributed by atoms with van der Waals surface area (Å²) in [5.74, 6) is 0.675. The lowest BCUT2D eigenvalue weighted by molar-refractivity contribution is 0.365. The average Bonchev–Trinajstić information content (AvgIpc) is 2.81. The fourth-order valence-electron chi connectivity index (χ4n) is 5.22. The Morgan fingerprint density at radius 3 is 2.10 bits per heavy atom. The van der Waals surface area contributed by atoms with Gasteiger partial charge in [0.25, 0.3) is 0 Å². The van der Waals surface area contributed by atoms with Gasteiger partial charge in [-0.05, 0) is 55.9 Å². The van der Waals surface area contributed by atoms with Gasteiger partial charge in [-0.15, -0.1) is 0 Å². The summed E-state index contributed by atoms with van der Waals surface area (Å²) in [5, 5.41) is 3.08. The minimum atomic E-state index is -0.852. The highest BCUT2D eigenvalue weighted by molar-refractivity contribution is 5.29. The van der Waals surface area contributed by atoms with Crippen LogP contribution >= 0.6 is 0 Å². The Morgan fingerprint density at radius 2 is 1.60 bits per heavy atom. The van der Waals surface area contributed by atoms with Crippen molar-refractivity contribution >= 4 is 0 Å². The van der Waals surface area contributed by atoms with Gasteiger partial charge in [-0.25, -0.2) is 13.2 Å². The van der Waals surface area contributed by atoms with Crippen LogP contribution in [0.4, 0.5) is 13.2 Å². The number of hydrogen-bond donors (Lipinski definition) is 1. The van der Waals surface area contributed by atoms with Crippen molar-refractivity contribution in [3.8, 4) is 0 Å². The maximum absolute atomic E-state index is 14.0. The first kappa shape index (κ1) is 12.7. The predicted octanol–water partition coefficient (Wildman–Crippen LogP) is 3.66. The lowest BCUT2D eigenvalue weighted by Gasteiger charge is -2.21. The van der Waals surface area contributed by atoms with Gasteiger partial charge >= 0.3 is 0 Å². The Kier molecular flexibility index (Phi) is 2.69. The smallest absolute Gasteiger partial charge is 0.133 e. The Bertz CT molecular complexity index is 520. The average molecular weight is 281 g/mol. The molecule has 0 aliphatic heterocycles. The van der Waals surface area contributed by atoms with E-state index in [1.54, 1.807) is 7.05 Å². The van der Waals surface area contributed by atoms with E-state index in [0.29, 0.717) is 17.8 Å². The minimum Gasteiger partial charge on any atom is -0.313 e. The van der Waals surface area contributed by atoms with Crippen LogP contribution < -0.4 is 5.32 Å². The van der Waals surface area contributed by atoms with Crippen molar-refractivity contribution < 1.29 is 13.2 Å². The molecule has 0 spiro atoms. The monoisotopic (exact) mass is 281 g/mol. The number of benzene rings is 1. The molecule has 108 valence electrons. The molecule has 3 aliphatic rings. The van der Waals surface area contributed by atoms with E-state index in [1.165, 1.54) is 19.3 Å². The van der Waals surface area contributed by atoms with Crippen LogP contribution in [0.5, 0.6) is 0 Å². The topological polar surface area (TPSA) is 12.0 Å². The van der Waals surface area contributed by atoms with E-state index in [-0.39, 0.29) is 11.6 Å². The summed E-state index contributed by atoms with van der Waals surface area (Å²) < 4.78 is 41.1. The first-order chi connectivity index (χ1) is 9.61. The second-order valence-corrected chi connectivity index (χ2v) is 6.61. The molecule has 3 aliphatic carbocycles. The van der Waals surface area contributed by atoms with Crippen molar-refractivity contribution in [1.29, 1.82) is 0 Å². The summed E-state index contributed by atoms with van der Waals surface area (Å²) in [6, 6.07) is 1.25. The normalized spacial score (nSPS) is 38.9. The van der Waals surface area contributed by atoms with Crippen LogP contribution in [-0.2, 0) is 0 Å². The van der Waals surface area contributed by atoms with Gasteiger partial charge in [-0.1, -0.05) is 0 Å². The standard InChI is InChI=1S/C16H18F3N/c1-20-16(14-10(18)5-9(17)6-11(14)19)15-12-7-2-3-8(4-7)13(12)15/h5-8,12-13,15-16,20H,2-4H2,1H3. The molecule has 3 saturated carbocycles. The molecular formula is C16H18F3N. The molecule has 0 heterocycles. The van der Waals surface area contributed by atoms with Gasteiger partial charge in [-0.2, -0.15) is 0 Å². The summed E-state index contributed by atoms with van der Waals surface area (Å²) in [4.78, 5) is 0. The lowest BCUT2D eigenvalue weighted by atomic mass is 9.92. The van der Waals surface area contributed by atoms with Crippen molar-refractivity contribution in [3.63, 3.8) is 0 Å². The fraction of sp³-hybridized carbons (Fsp3) is 0.625. The maximum Gasteiger partial charge on any atom is 0.133 e. The number of halogens is 3. The molecule has 0 amide bonds. The van der Waals surface area contributed by atoms with Crippen molar-refractivity contribution in [2.75, 3.05) is 7.05 Å². The van der Waals surface area contributed by atoms with Gasteiger partial charge in [-0.3, -0.25) is 0 Å². The molecule has 5 atom stereocenters. The van der Waals surface area contributed by atoms with Crippen LogP contribution in [0.3, 0.4) is 0 Å². The number of nitrogens with one attached hydrogen (secondary N) is 1. The number of rotatable bonds is 3. The van der Waals surface area contributed by atoms with Crippen LogP contribution in [0.1, 0.15) is 30.9 Å². The van der Waals surface area contributed by atoms with Crippen LogP contribution in [0.2, 0.25) is 0 Å². The third-order valence-electron chi connectivity index (χ3n) is 5.85. The van der Waals surface area contributed by atoms with Crippen molar-refractivity contribution in [1.82, 2.24) is 5.32 Å². The zero-order valence-corrected chi connectivity index (χ0v) is 11.4. The van der Waals surface area contributed by atoms with E-state index < -0.39 is 17.5 Å². The summed E-state index contributed by atoms with van der Waals surface area (Å²) in [6.07, 6.45) is 3.84.